The molecule has 0 radical (unpaired) electrons. The van der Waals surface area contributed by atoms with Gasteiger partial charge in [0.15, 0.2) is 11.4 Å². The van der Waals surface area contributed by atoms with E-state index in [2.05, 4.69) is 30.2 Å². The summed E-state index contributed by atoms with van der Waals surface area (Å²) in [4.78, 5) is 20.7. The van der Waals surface area contributed by atoms with Gasteiger partial charge in [-0.2, -0.15) is 13.2 Å². The van der Waals surface area contributed by atoms with Crippen molar-refractivity contribution in [3.8, 4) is 34.1 Å². The van der Waals surface area contributed by atoms with E-state index in [9.17, 15) is 22.4 Å². The van der Waals surface area contributed by atoms with Gasteiger partial charge in [0.25, 0.3) is 0 Å². The number of methoxy groups -OCH3 is 1. The number of hydrogen-bond acceptors (Lipinski definition) is 8. The van der Waals surface area contributed by atoms with E-state index in [1.807, 2.05) is 6.92 Å². The highest BCUT2D eigenvalue weighted by Gasteiger charge is 2.36. The predicted octanol–water partition coefficient (Wildman–Crippen LogP) is 5.73. The molecule has 0 saturated heterocycles. The van der Waals surface area contributed by atoms with Crippen LogP contribution in [0.25, 0.3) is 45.2 Å². The molecule has 3 aromatic heterocycles. The number of pyridine rings is 1. The van der Waals surface area contributed by atoms with E-state index in [1.54, 1.807) is 29.8 Å². The van der Waals surface area contributed by atoms with Crippen molar-refractivity contribution in [3.05, 3.63) is 65.7 Å². The number of carbonyl (C=O) groups excluding carboxylic acids is 1. The van der Waals surface area contributed by atoms with Gasteiger partial charge in [-0.1, -0.05) is 6.07 Å². The molecule has 1 N–H and O–H groups in total. The highest BCUT2D eigenvalue weighted by molar-refractivity contribution is 5.95. The molecular formula is C26H20F4N6O3. The third-order valence-electron chi connectivity index (χ3n) is 5.86. The molecule has 0 aliphatic rings. The maximum atomic E-state index is 14.3. The van der Waals surface area contributed by atoms with Crippen LogP contribution in [0.2, 0.25) is 0 Å². The van der Waals surface area contributed by atoms with Crippen LogP contribution in [0.4, 0.5) is 23.4 Å². The molecule has 9 nitrogen and oxygen atoms in total. The van der Waals surface area contributed by atoms with Crippen LogP contribution in [0.1, 0.15) is 22.8 Å². The van der Waals surface area contributed by atoms with Crippen molar-refractivity contribution in [2.24, 2.45) is 7.05 Å². The third kappa shape index (κ3) is 4.90. The fourth-order valence-corrected chi connectivity index (χ4v) is 4.14. The van der Waals surface area contributed by atoms with E-state index in [4.69, 9.17) is 4.42 Å². The second-order valence-corrected chi connectivity index (χ2v) is 8.49. The van der Waals surface area contributed by atoms with Crippen LogP contribution in [-0.4, -0.2) is 44.4 Å². The first kappa shape index (κ1) is 25.8. The minimum atomic E-state index is -4.83. The molecule has 0 aliphatic heterocycles. The van der Waals surface area contributed by atoms with Gasteiger partial charge >= 0.3 is 12.1 Å². The number of esters is 1. The Morgan fingerprint density at radius 1 is 1.10 bits per heavy atom. The number of nitrogens with one attached hydrogen (secondary N) is 1. The van der Waals surface area contributed by atoms with Gasteiger partial charge in [0, 0.05) is 19.2 Å². The SMILES string of the molecule is CCNc1cc(-c2ccc(F)cc2-c2nncn2C)cc(-c2nc3cc(C(=O)OC)cc(C(F)(F)F)c3o2)n1. The Hall–Kier alpha value is -4.81. The van der Waals surface area contributed by atoms with Gasteiger partial charge in [0.05, 0.1) is 12.7 Å². The first-order valence-corrected chi connectivity index (χ1v) is 11.6. The lowest BCUT2D eigenvalue weighted by Gasteiger charge is -2.12. The molecule has 5 rings (SSSR count). The Kier molecular flexibility index (Phi) is 6.50. The molecule has 0 aliphatic carbocycles. The summed E-state index contributed by atoms with van der Waals surface area (Å²) >= 11 is 0. The highest BCUT2D eigenvalue weighted by atomic mass is 19.4. The van der Waals surface area contributed by atoms with Crippen molar-refractivity contribution in [2.45, 2.75) is 13.1 Å². The van der Waals surface area contributed by atoms with Crippen molar-refractivity contribution < 1.29 is 31.5 Å². The number of fused-ring (bicyclic) bond motifs is 1. The Morgan fingerprint density at radius 2 is 1.90 bits per heavy atom. The van der Waals surface area contributed by atoms with Gasteiger partial charge in [0.2, 0.25) is 5.89 Å². The molecule has 0 unspecified atom stereocenters. The lowest BCUT2D eigenvalue weighted by atomic mass is 9.98. The largest absolute Gasteiger partial charge is 0.465 e. The zero-order valence-corrected chi connectivity index (χ0v) is 20.8. The number of aromatic nitrogens is 5. The minimum Gasteiger partial charge on any atom is -0.465 e. The summed E-state index contributed by atoms with van der Waals surface area (Å²) in [7, 11) is 2.78. The predicted molar refractivity (Wildman–Crippen MR) is 133 cm³/mol. The normalized spacial score (nSPS) is 11.7. The molecule has 3 heterocycles. The number of alkyl halides is 3. The van der Waals surface area contributed by atoms with Crippen LogP contribution in [-0.2, 0) is 18.0 Å². The van der Waals surface area contributed by atoms with E-state index < -0.39 is 29.1 Å². The molecule has 2 aromatic carbocycles. The number of aryl methyl sites for hydroxylation is 1. The number of benzene rings is 2. The number of oxazole rings is 1. The topological polar surface area (TPSA) is 108 Å². The van der Waals surface area contributed by atoms with E-state index >= 15 is 0 Å². The van der Waals surface area contributed by atoms with Crippen LogP contribution in [0.5, 0.6) is 0 Å². The molecule has 0 spiro atoms. The van der Waals surface area contributed by atoms with Crippen LogP contribution >= 0.6 is 0 Å². The molecule has 0 saturated carbocycles. The first-order chi connectivity index (χ1) is 18.6. The summed E-state index contributed by atoms with van der Waals surface area (Å²) < 4.78 is 67.7. The first-order valence-electron chi connectivity index (χ1n) is 11.6. The third-order valence-corrected chi connectivity index (χ3v) is 5.86. The highest BCUT2D eigenvalue weighted by Crippen LogP contribution is 2.39. The van der Waals surface area contributed by atoms with E-state index in [0.29, 0.717) is 40.9 Å². The summed E-state index contributed by atoms with van der Waals surface area (Å²) in [6.07, 6.45) is -3.35. The Balaban J connectivity index is 1.72. The zero-order valence-electron chi connectivity index (χ0n) is 20.8. The number of rotatable bonds is 6. The minimum absolute atomic E-state index is 0.112. The molecule has 13 heteroatoms. The number of halogens is 4. The summed E-state index contributed by atoms with van der Waals surface area (Å²) in [5.74, 6) is -0.861. The second kappa shape index (κ2) is 9.82. The summed E-state index contributed by atoms with van der Waals surface area (Å²) in [6.45, 7) is 2.34. The van der Waals surface area contributed by atoms with Crippen LogP contribution < -0.4 is 5.32 Å². The van der Waals surface area contributed by atoms with Gasteiger partial charge in [-0.25, -0.2) is 19.2 Å². The monoisotopic (exact) mass is 540 g/mol. The lowest BCUT2D eigenvalue weighted by molar-refractivity contribution is -0.136. The number of anilines is 1. The van der Waals surface area contributed by atoms with Gasteiger partial charge in [-0.05, 0) is 54.4 Å². The second-order valence-electron chi connectivity index (χ2n) is 8.49. The van der Waals surface area contributed by atoms with Crippen molar-refractivity contribution in [2.75, 3.05) is 19.0 Å². The summed E-state index contributed by atoms with van der Waals surface area (Å²) in [5.41, 5.74) is -0.590. The van der Waals surface area contributed by atoms with Crippen molar-refractivity contribution in [3.63, 3.8) is 0 Å². The smallest absolute Gasteiger partial charge is 0.420 e. The molecule has 5 aromatic rings. The zero-order chi connectivity index (χ0) is 27.9. The molecule has 200 valence electrons. The Morgan fingerprint density at radius 3 is 2.56 bits per heavy atom. The average Bonchev–Trinajstić information content (AvgIpc) is 3.53. The Labute approximate surface area is 218 Å². The Bertz CT molecular complexity index is 1710. The molecule has 39 heavy (non-hydrogen) atoms. The van der Waals surface area contributed by atoms with Gasteiger partial charge in [-0.15, -0.1) is 10.2 Å². The number of carbonyl (C=O) groups is 1. The number of hydrogen-bond donors (Lipinski definition) is 1. The summed E-state index contributed by atoms with van der Waals surface area (Å²) in [5, 5.41) is 11.0. The number of ether oxygens (including phenoxy) is 1. The van der Waals surface area contributed by atoms with Gasteiger partial charge in [-0.3, -0.25) is 0 Å². The summed E-state index contributed by atoms with van der Waals surface area (Å²) in [6, 6.07) is 9.24. The molecule has 0 fully saturated rings. The van der Waals surface area contributed by atoms with Crippen molar-refractivity contribution in [1.82, 2.24) is 24.7 Å². The van der Waals surface area contributed by atoms with E-state index in [1.165, 1.54) is 18.5 Å². The van der Waals surface area contributed by atoms with Gasteiger partial charge in [0.1, 0.15) is 34.7 Å². The van der Waals surface area contributed by atoms with Crippen LogP contribution in [0, 0.1) is 5.82 Å². The quantitative estimate of drug-likeness (QED) is 0.215. The van der Waals surface area contributed by atoms with E-state index in [0.717, 1.165) is 13.2 Å². The molecule has 0 amide bonds. The van der Waals surface area contributed by atoms with E-state index in [-0.39, 0.29) is 22.7 Å². The molecular weight excluding hydrogens is 520 g/mol. The fraction of sp³-hybridized carbons (Fsp3) is 0.192. The van der Waals surface area contributed by atoms with Crippen LogP contribution in [0.15, 0.2) is 53.2 Å². The lowest BCUT2D eigenvalue weighted by Crippen LogP contribution is -2.09. The average molecular weight is 540 g/mol. The molecule has 0 atom stereocenters. The fourth-order valence-electron chi connectivity index (χ4n) is 4.14. The molecule has 0 bridgehead atoms. The van der Waals surface area contributed by atoms with Crippen LogP contribution in [0.3, 0.4) is 0 Å². The van der Waals surface area contributed by atoms with Gasteiger partial charge < -0.3 is 19.0 Å². The standard InChI is InChI=1S/C26H20F4N6O3/c1-4-31-21-10-13(16-6-5-15(27)11-17(16)23-35-32-12-36(23)2)8-20(33-21)24-34-19-9-14(25(37)38-3)7-18(22(19)39-24)26(28,29)30/h5-12H,4H2,1-3H3,(H,31,33). The van der Waals surface area contributed by atoms with Crippen molar-refractivity contribution >= 4 is 22.9 Å². The maximum absolute atomic E-state index is 14.3. The van der Waals surface area contributed by atoms with Crippen molar-refractivity contribution in [1.29, 1.82) is 0 Å². The number of nitrogens with zero attached hydrogens (tertiary/aromatic N) is 5. The maximum Gasteiger partial charge on any atom is 0.420 e.